The van der Waals surface area contributed by atoms with Crippen LogP contribution in [0.4, 0.5) is 13.2 Å². The Labute approximate surface area is 154 Å². The van der Waals surface area contributed by atoms with Crippen molar-refractivity contribution in [2.45, 2.75) is 62.7 Å². The Morgan fingerprint density at radius 3 is 2.48 bits per heavy atom. The smallest absolute Gasteiger partial charge is 0.465 e. The van der Waals surface area contributed by atoms with Gasteiger partial charge in [-0.3, -0.25) is 9.53 Å². The first-order chi connectivity index (χ1) is 11.7. The van der Waals surface area contributed by atoms with Gasteiger partial charge in [0.25, 0.3) is 0 Å². The molecule has 3 nitrogen and oxygen atoms in total. The third kappa shape index (κ3) is 5.45. The van der Waals surface area contributed by atoms with Crippen LogP contribution < -0.4 is 0 Å². The van der Waals surface area contributed by atoms with Crippen LogP contribution in [0.2, 0.25) is 0 Å². The molecule has 1 aliphatic rings. The van der Waals surface area contributed by atoms with Crippen LogP contribution in [-0.4, -0.2) is 25.0 Å². The van der Waals surface area contributed by atoms with Gasteiger partial charge < -0.3 is 4.74 Å². The zero-order chi connectivity index (χ0) is 18.6. The van der Waals surface area contributed by atoms with Crippen LogP contribution in [0.15, 0.2) is 18.2 Å². The average molecular weight is 423 g/mol. The summed E-state index contributed by atoms with van der Waals surface area (Å²) in [6.07, 6.45) is -3.47. The number of halogens is 4. The van der Waals surface area contributed by atoms with Crippen molar-refractivity contribution in [3.63, 3.8) is 0 Å². The Hall–Kier alpha value is -1.08. The van der Waals surface area contributed by atoms with Crippen LogP contribution in [0.3, 0.4) is 0 Å². The molecule has 0 radical (unpaired) electrons. The number of rotatable bonds is 5. The second-order valence-corrected chi connectivity index (χ2v) is 7.15. The summed E-state index contributed by atoms with van der Waals surface area (Å²) < 4.78 is 46.4. The summed E-state index contributed by atoms with van der Waals surface area (Å²) in [4.78, 5) is 11.5. The molecule has 1 fully saturated rings. The normalized spacial score (nSPS) is 22.5. The van der Waals surface area contributed by atoms with E-state index in [-0.39, 0.29) is 11.9 Å². The van der Waals surface area contributed by atoms with E-state index in [1.165, 1.54) is 0 Å². The Morgan fingerprint density at radius 1 is 1.28 bits per heavy atom. The molecule has 2 rings (SSSR count). The lowest BCUT2D eigenvalue weighted by molar-refractivity contribution is -0.345. The zero-order valence-corrected chi connectivity index (χ0v) is 15.8. The minimum absolute atomic E-state index is 0.110. The monoisotopic (exact) mass is 422 g/mol. The highest BCUT2D eigenvalue weighted by Crippen LogP contribution is 2.41. The van der Waals surface area contributed by atoms with Crippen LogP contribution in [0.5, 0.6) is 0 Å². The molecular weight excluding hydrogens is 401 g/mol. The van der Waals surface area contributed by atoms with Gasteiger partial charge in [-0.25, -0.2) is 0 Å². The molecule has 1 aromatic rings. The maximum atomic E-state index is 12.4. The van der Waals surface area contributed by atoms with Gasteiger partial charge in [0.1, 0.15) is 4.83 Å². The number of benzene rings is 1. The summed E-state index contributed by atoms with van der Waals surface area (Å²) in [7, 11) is 0. The average Bonchev–Trinajstić information content (AvgIpc) is 2.53. The second kappa shape index (κ2) is 8.54. The number of carbonyl (C=O) groups excluding carboxylic acids is 1. The number of carbonyl (C=O) groups is 1. The third-order valence-electron chi connectivity index (χ3n) is 4.51. The lowest BCUT2D eigenvalue weighted by Gasteiger charge is -2.31. The van der Waals surface area contributed by atoms with E-state index in [0.717, 1.165) is 16.7 Å². The first-order valence-electron chi connectivity index (χ1n) is 8.37. The van der Waals surface area contributed by atoms with Gasteiger partial charge in [-0.2, -0.15) is 0 Å². The molecule has 140 valence electrons. The van der Waals surface area contributed by atoms with E-state index < -0.39 is 17.3 Å². The fraction of sp³-hybridized carbons (Fsp3) is 0.611. The van der Waals surface area contributed by atoms with E-state index in [2.05, 4.69) is 20.7 Å². The molecule has 1 aromatic carbocycles. The van der Waals surface area contributed by atoms with Crippen molar-refractivity contribution < 1.29 is 27.4 Å². The molecular formula is C18H22BrF3O3. The van der Waals surface area contributed by atoms with Crippen molar-refractivity contribution >= 4 is 21.9 Å². The molecule has 1 saturated carbocycles. The minimum atomic E-state index is -4.59. The van der Waals surface area contributed by atoms with Crippen molar-refractivity contribution in [3.8, 4) is 0 Å². The second-order valence-electron chi connectivity index (χ2n) is 6.23. The summed E-state index contributed by atoms with van der Waals surface area (Å²) in [5, 5.41) is 0. The molecule has 7 heteroatoms. The largest absolute Gasteiger partial charge is 0.522 e. The fourth-order valence-corrected chi connectivity index (χ4v) is 4.01. The van der Waals surface area contributed by atoms with E-state index in [0.29, 0.717) is 32.3 Å². The summed E-state index contributed by atoms with van der Waals surface area (Å²) in [5.74, 6) is -0.248. The molecule has 0 aromatic heterocycles. The molecule has 1 aliphatic carbocycles. The van der Waals surface area contributed by atoms with Gasteiger partial charge in [-0.1, -0.05) is 34.1 Å². The van der Waals surface area contributed by atoms with Gasteiger partial charge in [-0.05, 0) is 62.1 Å². The Morgan fingerprint density at radius 2 is 1.92 bits per heavy atom. The van der Waals surface area contributed by atoms with Gasteiger partial charge in [0.05, 0.1) is 12.7 Å². The predicted molar refractivity (Wildman–Crippen MR) is 91.6 cm³/mol. The van der Waals surface area contributed by atoms with Crippen LogP contribution in [0.1, 0.15) is 60.0 Å². The van der Waals surface area contributed by atoms with E-state index in [4.69, 9.17) is 4.74 Å². The van der Waals surface area contributed by atoms with Crippen molar-refractivity contribution in [2.75, 3.05) is 6.61 Å². The molecule has 1 atom stereocenters. The van der Waals surface area contributed by atoms with Crippen LogP contribution in [0.25, 0.3) is 0 Å². The van der Waals surface area contributed by atoms with Crippen molar-refractivity contribution in [1.82, 2.24) is 0 Å². The molecule has 0 bridgehead atoms. The molecule has 0 heterocycles. The van der Waals surface area contributed by atoms with Crippen molar-refractivity contribution in [2.24, 2.45) is 0 Å². The van der Waals surface area contributed by atoms with Crippen LogP contribution in [-0.2, 0) is 14.3 Å². The molecule has 0 saturated heterocycles. The van der Waals surface area contributed by atoms with Crippen molar-refractivity contribution in [3.05, 3.63) is 34.9 Å². The SMILES string of the molecule is CCOC(=O)C(Br)c1cccc(C)c1C1CCC(OC(F)(F)F)CC1. The Bertz CT molecular complexity index is 596. The molecule has 0 aliphatic heterocycles. The molecule has 0 amide bonds. The highest BCUT2D eigenvalue weighted by molar-refractivity contribution is 9.09. The number of ether oxygens (including phenoxy) is 2. The highest BCUT2D eigenvalue weighted by Gasteiger charge is 2.36. The van der Waals surface area contributed by atoms with Crippen LogP contribution in [0, 0.1) is 6.92 Å². The van der Waals surface area contributed by atoms with Gasteiger partial charge in [0.15, 0.2) is 0 Å². The molecule has 0 spiro atoms. The topological polar surface area (TPSA) is 35.5 Å². The van der Waals surface area contributed by atoms with E-state index in [1.807, 2.05) is 25.1 Å². The van der Waals surface area contributed by atoms with E-state index in [9.17, 15) is 18.0 Å². The van der Waals surface area contributed by atoms with Gasteiger partial charge in [0, 0.05) is 0 Å². The first kappa shape index (κ1) is 20.2. The number of hydrogen-bond donors (Lipinski definition) is 0. The number of hydrogen-bond acceptors (Lipinski definition) is 3. The van der Waals surface area contributed by atoms with Gasteiger partial charge in [0.2, 0.25) is 0 Å². The summed E-state index contributed by atoms with van der Waals surface area (Å²) >= 11 is 3.41. The first-order valence-corrected chi connectivity index (χ1v) is 9.29. The lowest BCUT2D eigenvalue weighted by atomic mass is 9.78. The summed E-state index contributed by atoms with van der Waals surface area (Å²) in [5.41, 5.74) is 2.90. The van der Waals surface area contributed by atoms with E-state index in [1.54, 1.807) is 6.92 Å². The van der Waals surface area contributed by atoms with E-state index >= 15 is 0 Å². The number of esters is 1. The predicted octanol–water partition coefficient (Wildman–Crippen LogP) is 5.56. The molecule has 1 unspecified atom stereocenters. The quantitative estimate of drug-likeness (QED) is 0.460. The van der Waals surface area contributed by atoms with Crippen LogP contribution >= 0.6 is 15.9 Å². The Balaban J connectivity index is 2.16. The van der Waals surface area contributed by atoms with Gasteiger partial charge >= 0.3 is 12.3 Å². The standard InChI is InChI=1S/C18H22BrF3O3/c1-3-24-17(23)16(19)14-6-4-5-11(2)15(14)12-7-9-13(10-8-12)25-18(20,21)22/h4-6,12-13,16H,3,7-10H2,1-2H3. The maximum Gasteiger partial charge on any atom is 0.522 e. The molecule has 25 heavy (non-hydrogen) atoms. The van der Waals surface area contributed by atoms with Crippen molar-refractivity contribution in [1.29, 1.82) is 0 Å². The molecule has 0 N–H and O–H groups in total. The summed E-state index contributed by atoms with van der Waals surface area (Å²) in [6.45, 7) is 4.00. The number of alkyl halides is 4. The lowest BCUT2D eigenvalue weighted by Crippen LogP contribution is -2.28. The van der Waals surface area contributed by atoms with Gasteiger partial charge in [-0.15, -0.1) is 13.2 Å². The number of aryl methyl sites for hydroxylation is 1. The third-order valence-corrected chi connectivity index (χ3v) is 5.37. The fourth-order valence-electron chi connectivity index (χ4n) is 3.48. The zero-order valence-electron chi connectivity index (χ0n) is 14.2. The minimum Gasteiger partial charge on any atom is -0.465 e. The Kier molecular flexibility index (Phi) is 6.91. The highest BCUT2D eigenvalue weighted by atomic mass is 79.9. The summed E-state index contributed by atoms with van der Waals surface area (Å²) in [6, 6.07) is 5.71. The maximum absolute atomic E-state index is 12.4.